The second-order valence-corrected chi connectivity index (χ2v) is 0.747. The Bertz CT molecular complexity index is 45.0. The van der Waals surface area contributed by atoms with E-state index in [2.05, 4.69) is 0 Å². The van der Waals surface area contributed by atoms with Crippen molar-refractivity contribution in [3.8, 4) is 0 Å². The summed E-state index contributed by atoms with van der Waals surface area (Å²) in [4.78, 5) is 9.37. The molecule has 0 aliphatic carbocycles. The fourth-order valence-corrected chi connectivity index (χ4v) is 0. The minimum atomic E-state index is -0.745. The maximum atomic E-state index is 9.37. The monoisotopic (exact) mass is 112 g/mol. The van der Waals surface area contributed by atoms with Crippen LogP contribution in [-0.4, -0.2) is 11.1 Å². The van der Waals surface area contributed by atoms with Gasteiger partial charge in [-0.25, -0.2) is 0 Å². The summed E-state index contributed by atoms with van der Waals surface area (Å²) in [5, 5.41) is 7.72. The molecule has 0 aliphatic heterocycles. The molecule has 2 nitrogen and oxygen atoms in total. The standard InChI is InChI=1S/C3H6O2.CH3.Na/c1-2-3(4)5;;/h2H2,1H3,(H,4,5);1H3;/q;-1;+1. The third-order valence-electron chi connectivity index (χ3n) is 0.302. The minimum Gasteiger partial charge on any atom is -0.481 e. The largest absolute Gasteiger partial charge is 1.00 e. The Balaban J connectivity index is -0.0000000800. The Kier molecular flexibility index (Phi) is 21.7. The first-order valence-corrected chi connectivity index (χ1v) is 1.49. The molecule has 0 aromatic carbocycles. The molecule has 1 N–H and O–H groups in total. The molecule has 7 heavy (non-hydrogen) atoms. The third kappa shape index (κ3) is 21.2. The summed E-state index contributed by atoms with van der Waals surface area (Å²) in [6.07, 6.45) is 0.222. The first-order chi connectivity index (χ1) is 2.27. The van der Waals surface area contributed by atoms with E-state index in [9.17, 15) is 4.79 Å². The summed E-state index contributed by atoms with van der Waals surface area (Å²) >= 11 is 0. The number of hydrogen-bond acceptors (Lipinski definition) is 1. The predicted molar refractivity (Wildman–Crippen MR) is 24.3 cm³/mol. The van der Waals surface area contributed by atoms with Gasteiger partial charge in [0.25, 0.3) is 0 Å². The van der Waals surface area contributed by atoms with Crippen molar-refractivity contribution in [1.29, 1.82) is 0 Å². The molecule has 0 fully saturated rings. The Hall–Kier alpha value is 0.470. The van der Waals surface area contributed by atoms with Gasteiger partial charge in [-0.1, -0.05) is 6.92 Å². The van der Waals surface area contributed by atoms with E-state index in [4.69, 9.17) is 5.11 Å². The van der Waals surface area contributed by atoms with Gasteiger partial charge < -0.3 is 12.5 Å². The van der Waals surface area contributed by atoms with Crippen molar-refractivity contribution in [3.05, 3.63) is 7.43 Å². The molecule has 0 aromatic heterocycles. The van der Waals surface area contributed by atoms with Crippen molar-refractivity contribution in [2.75, 3.05) is 0 Å². The van der Waals surface area contributed by atoms with Crippen LogP contribution in [0.1, 0.15) is 13.3 Å². The van der Waals surface area contributed by atoms with E-state index in [-0.39, 0.29) is 43.4 Å². The summed E-state index contributed by atoms with van der Waals surface area (Å²) in [6.45, 7) is 1.60. The normalized spacial score (nSPS) is 5.29. The second kappa shape index (κ2) is 9.69. The quantitative estimate of drug-likeness (QED) is 0.313. The Morgan fingerprint density at radius 1 is 1.71 bits per heavy atom. The Morgan fingerprint density at radius 2 is 1.86 bits per heavy atom. The second-order valence-electron chi connectivity index (χ2n) is 0.747. The van der Waals surface area contributed by atoms with Crippen LogP contribution in [0, 0.1) is 7.43 Å². The number of aliphatic carboxylic acids is 1. The summed E-state index contributed by atoms with van der Waals surface area (Å²) < 4.78 is 0. The van der Waals surface area contributed by atoms with E-state index < -0.39 is 5.97 Å². The van der Waals surface area contributed by atoms with Crippen LogP contribution in [0.5, 0.6) is 0 Å². The number of carboxylic acids is 1. The molecule has 38 valence electrons. The molecule has 0 aromatic rings. The summed E-state index contributed by atoms with van der Waals surface area (Å²) in [5.41, 5.74) is 0. The van der Waals surface area contributed by atoms with Gasteiger partial charge in [0.2, 0.25) is 0 Å². The van der Waals surface area contributed by atoms with Crippen LogP contribution in [0.3, 0.4) is 0 Å². The average molecular weight is 112 g/mol. The summed E-state index contributed by atoms with van der Waals surface area (Å²) in [6, 6.07) is 0. The van der Waals surface area contributed by atoms with E-state index in [0.717, 1.165) is 0 Å². The van der Waals surface area contributed by atoms with Crippen LogP contribution in [0.4, 0.5) is 0 Å². The zero-order valence-electron chi connectivity index (χ0n) is 5.06. The zero-order valence-corrected chi connectivity index (χ0v) is 7.06. The number of carboxylic acid groups (broad SMARTS) is 1. The first kappa shape index (κ1) is 15.6. The van der Waals surface area contributed by atoms with E-state index >= 15 is 0 Å². The number of hydrogen-bond donors (Lipinski definition) is 1. The van der Waals surface area contributed by atoms with Crippen molar-refractivity contribution in [2.24, 2.45) is 0 Å². The molecule has 0 amide bonds. The molecule has 0 spiro atoms. The molecular weight excluding hydrogens is 103 g/mol. The Labute approximate surface area is 66.2 Å². The van der Waals surface area contributed by atoms with Gasteiger partial charge in [-0.15, -0.1) is 0 Å². The maximum Gasteiger partial charge on any atom is 1.00 e. The number of rotatable bonds is 1. The SMILES string of the molecule is CCC(=O)O.[CH3-].[Na+]. The molecule has 0 unspecified atom stereocenters. The fourth-order valence-electron chi connectivity index (χ4n) is 0. The van der Waals surface area contributed by atoms with Gasteiger partial charge in [-0.2, -0.15) is 0 Å². The van der Waals surface area contributed by atoms with E-state index in [1.165, 1.54) is 0 Å². The molecule has 3 heteroatoms. The molecule has 0 aliphatic rings. The topological polar surface area (TPSA) is 37.3 Å². The predicted octanol–water partition coefficient (Wildman–Crippen LogP) is -2.06. The van der Waals surface area contributed by atoms with E-state index in [1.807, 2.05) is 0 Å². The molecule has 0 saturated carbocycles. The van der Waals surface area contributed by atoms with Gasteiger partial charge in [-0.3, -0.25) is 4.79 Å². The maximum absolute atomic E-state index is 9.37. The van der Waals surface area contributed by atoms with Crippen LogP contribution in [-0.2, 0) is 4.79 Å². The average Bonchev–Trinajstić information content (AvgIpc) is 1.38. The van der Waals surface area contributed by atoms with E-state index in [0.29, 0.717) is 0 Å². The smallest absolute Gasteiger partial charge is 0.481 e. The van der Waals surface area contributed by atoms with Gasteiger partial charge in [0.1, 0.15) is 0 Å². The summed E-state index contributed by atoms with van der Waals surface area (Å²) in [7, 11) is 0. The van der Waals surface area contributed by atoms with Crippen LogP contribution < -0.4 is 29.6 Å². The molecule has 0 heterocycles. The van der Waals surface area contributed by atoms with Gasteiger partial charge in [-0.05, 0) is 0 Å². The van der Waals surface area contributed by atoms with Crippen LogP contribution in [0.15, 0.2) is 0 Å². The zero-order chi connectivity index (χ0) is 4.28. The van der Waals surface area contributed by atoms with Gasteiger partial charge in [0.15, 0.2) is 0 Å². The van der Waals surface area contributed by atoms with Crippen molar-refractivity contribution in [3.63, 3.8) is 0 Å². The van der Waals surface area contributed by atoms with Gasteiger partial charge in [0, 0.05) is 6.42 Å². The van der Waals surface area contributed by atoms with Gasteiger partial charge >= 0.3 is 35.5 Å². The summed E-state index contributed by atoms with van der Waals surface area (Å²) in [5.74, 6) is -0.745. The third-order valence-corrected chi connectivity index (χ3v) is 0.302. The van der Waals surface area contributed by atoms with Crippen molar-refractivity contribution < 1.29 is 39.5 Å². The first-order valence-electron chi connectivity index (χ1n) is 1.49. The van der Waals surface area contributed by atoms with Crippen molar-refractivity contribution in [1.82, 2.24) is 0 Å². The fraction of sp³-hybridized carbons (Fsp3) is 0.500. The molecule has 0 rings (SSSR count). The molecule has 0 atom stereocenters. The van der Waals surface area contributed by atoms with Crippen molar-refractivity contribution >= 4 is 5.97 Å². The minimum absolute atomic E-state index is 0. The molecule has 0 saturated heterocycles. The van der Waals surface area contributed by atoms with Crippen molar-refractivity contribution in [2.45, 2.75) is 13.3 Å². The molecule has 0 radical (unpaired) electrons. The Morgan fingerprint density at radius 3 is 1.86 bits per heavy atom. The molecule has 0 bridgehead atoms. The van der Waals surface area contributed by atoms with Crippen LogP contribution >= 0.6 is 0 Å². The molecular formula is C4H9NaO2. The van der Waals surface area contributed by atoms with Gasteiger partial charge in [0.05, 0.1) is 0 Å². The van der Waals surface area contributed by atoms with Crippen LogP contribution in [0.25, 0.3) is 0 Å². The van der Waals surface area contributed by atoms with E-state index in [1.54, 1.807) is 6.92 Å². The van der Waals surface area contributed by atoms with Crippen LogP contribution in [0.2, 0.25) is 0 Å². The number of carbonyl (C=O) groups is 1.